The fraction of sp³-hybridized carbons (Fsp3) is 0.562. The lowest BCUT2D eigenvalue weighted by Gasteiger charge is -2.48. The van der Waals surface area contributed by atoms with Crippen LogP contribution in [0.3, 0.4) is 0 Å². The number of aliphatic hydroxyl groups is 1. The van der Waals surface area contributed by atoms with Gasteiger partial charge in [0, 0.05) is 0 Å². The third kappa shape index (κ3) is 1.64. The molecule has 1 aromatic rings. The molecule has 0 aromatic heterocycles. The van der Waals surface area contributed by atoms with Crippen LogP contribution in [-0.2, 0) is 10.2 Å². The molecule has 1 heterocycles. The van der Waals surface area contributed by atoms with Crippen molar-refractivity contribution in [2.75, 3.05) is 13.1 Å². The number of carbonyl (C=O) groups is 1. The third-order valence-electron chi connectivity index (χ3n) is 5.04. The summed E-state index contributed by atoms with van der Waals surface area (Å²) in [4.78, 5) is 14.5. The molecule has 1 saturated heterocycles. The van der Waals surface area contributed by atoms with E-state index in [4.69, 9.17) is 0 Å². The van der Waals surface area contributed by atoms with Gasteiger partial charge in [0.1, 0.15) is 5.60 Å². The Bertz CT molecular complexity index is 511. The number of hydrogen-bond acceptors (Lipinski definition) is 2. The maximum absolute atomic E-state index is 12.7. The van der Waals surface area contributed by atoms with Crippen LogP contribution in [0, 0.1) is 5.92 Å². The Morgan fingerprint density at radius 3 is 2.32 bits per heavy atom. The second-order valence-corrected chi connectivity index (χ2v) is 6.49. The molecule has 2 saturated carbocycles. The quantitative estimate of drug-likeness (QED) is 0.895. The Labute approximate surface area is 113 Å². The average Bonchev–Trinajstić information content (AvgIpc) is 3.28. The molecule has 0 spiro atoms. The van der Waals surface area contributed by atoms with E-state index in [1.807, 2.05) is 23.1 Å². The van der Waals surface area contributed by atoms with E-state index in [1.54, 1.807) is 0 Å². The highest BCUT2D eigenvalue weighted by Crippen LogP contribution is 2.52. The number of likely N-dealkylation sites (tertiary alicyclic amines) is 1. The highest BCUT2D eigenvalue weighted by molar-refractivity contribution is 5.92. The molecule has 0 radical (unpaired) electrons. The van der Waals surface area contributed by atoms with Crippen LogP contribution < -0.4 is 0 Å². The summed E-state index contributed by atoms with van der Waals surface area (Å²) in [5.74, 6) is 0.674. The first-order chi connectivity index (χ1) is 9.14. The summed E-state index contributed by atoms with van der Waals surface area (Å²) >= 11 is 0. The van der Waals surface area contributed by atoms with Gasteiger partial charge in [-0.15, -0.1) is 0 Å². The van der Waals surface area contributed by atoms with Gasteiger partial charge in [0.25, 0.3) is 0 Å². The van der Waals surface area contributed by atoms with Gasteiger partial charge < -0.3 is 10.0 Å². The number of nitrogens with zero attached hydrogens (tertiary/aromatic N) is 1. The zero-order valence-electron chi connectivity index (χ0n) is 11.0. The monoisotopic (exact) mass is 257 g/mol. The van der Waals surface area contributed by atoms with Crippen LogP contribution in [0.1, 0.15) is 31.2 Å². The third-order valence-corrected chi connectivity index (χ3v) is 5.04. The molecule has 3 aliphatic rings. The predicted octanol–water partition coefficient (Wildman–Crippen LogP) is 1.70. The van der Waals surface area contributed by atoms with Gasteiger partial charge in [-0.3, -0.25) is 4.79 Å². The molecule has 0 unspecified atom stereocenters. The first kappa shape index (κ1) is 11.5. The zero-order chi connectivity index (χ0) is 13.1. The van der Waals surface area contributed by atoms with E-state index in [-0.39, 0.29) is 11.3 Å². The van der Waals surface area contributed by atoms with Crippen LogP contribution >= 0.6 is 0 Å². The molecular formula is C16H19NO2. The van der Waals surface area contributed by atoms with Crippen molar-refractivity contribution < 1.29 is 9.90 Å². The summed E-state index contributed by atoms with van der Waals surface area (Å²) in [7, 11) is 0. The minimum absolute atomic E-state index is 0.226. The van der Waals surface area contributed by atoms with E-state index >= 15 is 0 Å². The maximum Gasteiger partial charge on any atom is 0.233 e. The van der Waals surface area contributed by atoms with Crippen LogP contribution in [0.15, 0.2) is 30.3 Å². The molecule has 0 atom stereocenters. The Morgan fingerprint density at radius 2 is 1.79 bits per heavy atom. The summed E-state index contributed by atoms with van der Waals surface area (Å²) in [6.45, 7) is 1.09. The van der Waals surface area contributed by atoms with Crippen molar-refractivity contribution in [2.24, 2.45) is 5.92 Å². The Balaban J connectivity index is 1.50. The number of rotatable bonds is 3. The fourth-order valence-corrected chi connectivity index (χ4v) is 3.45. The van der Waals surface area contributed by atoms with Gasteiger partial charge in [0.2, 0.25) is 5.91 Å². The molecule has 1 amide bonds. The van der Waals surface area contributed by atoms with Crippen molar-refractivity contribution >= 4 is 5.91 Å². The molecule has 1 N–H and O–H groups in total. The summed E-state index contributed by atoms with van der Waals surface area (Å²) in [6.07, 6.45) is 4.16. The fourth-order valence-electron chi connectivity index (χ4n) is 3.45. The second kappa shape index (κ2) is 3.60. The van der Waals surface area contributed by atoms with Gasteiger partial charge in [-0.05, 0) is 37.2 Å². The maximum atomic E-state index is 12.7. The molecule has 4 rings (SSSR count). The molecule has 3 heteroatoms. The lowest BCUT2D eigenvalue weighted by Crippen LogP contribution is -2.66. The Hall–Kier alpha value is -1.35. The van der Waals surface area contributed by atoms with Crippen molar-refractivity contribution in [1.29, 1.82) is 0 Å². The van der Waals surface area contributed by atoms with E-state index in [0.717, 1.165) is 31.2 Å². The topological polar surface area (TPSA) is 40.5 Å². The summed E-state index contributed by atoms with van der Waals surface area (Å²) in [6, 6.07) is 10.1. The van der Waals surface area contributed by atoms with Crippen LogP contribution in [0.4, 0.5) is 0 Å². The molecule has 19 heavy (non-hydrogen) atoms. The number of hydrogen-bond donors (Lipinski definition) is 1. The predicted molar refractivity (Wildman–Crippen MR) is 71.6 cm³/mol. The van der Waals surface area contributed by atoms with Gasteiger partial charge >= 0.3 is 0 Å². The minimum atomic E-state index is -0.567. The highest BCUT2D eigenvalue weighted by Gasteiger charge is 2.59. The smallest absolute Gasteiger partial charge is 0.233 e. The Morgan fingerprint density at radius 1 is 1.16 bits per heavy atom. The van der Waals surface area contributed by atoms with Crippen molar-refractivity contribution in [3.63, 3.8) is 0 Å². The minimum Gasteiger partial charge on any atom is -0.386 e. The van der Waals surface area contributed by atoms with E-state index in [0.29, 0.717) is 19.0 Å². The van der Waals surface area contributed by atoms with Crippen LogP contribution in [0.2, 0.25) is 0 Å². The molecule has 100 valence electrons. The van der Waals surface area contributed by atoms with Gasteiger partial charge in [0.15, 0.2) is 0 Å². The van der Waals surface area contributed by atoms with Crippen LogP contribution in [-0.4, -0.2) is 34.6 Å². The standard InChI is InChI=1S/C16H19NO2/c18-14(17-10-16(19,11-17)13-6-7-13)15(8-9-15)12-4-2-1-3-5-12/h1-5,13,19H,6-11H2. The molecule has 2 aliphatic carbocycles. The van der Waals surface area contributed by atoms with Crippen LogP contribution in [0.5, 0.6) is 0 Å². The molecule has 1 aromatic carbocycles. The van der Waals surface area contributed by atoms with E-state index < -0.39 is 5.60 Å². The normalized spacial score (nSPS) is 26.7. The first-order valence-corrected chi connectivity index (χ1v) is 7.21. The van der Waals surface area contributed by atoms with Crippen LogP contribution in [0.25, 0.3) is 0 Å². The molecule has 1 aliphatic heterocycles. The summed E-state index contributed by atoms with van der Waals surface area (Å²) < 4.78 is 0. The first-order valence-electron chi connectivity index (χ1n) is 7.21. The number of carbonyl (C=O) groups excluding carboxylic acids is 1. The average molecular weight is 257 g/mol. The lowest BCUT2D eigenvalue weighted by atomic mass is 9.85. The number of benzene rings is 1. The Kier molecular flexibility index (Phi) is 2.17. The van der Waals surface area contributed by atoms with Gasteiger partial charge in [-0.25, -0.2) is 0 Å². The lowest BCUT2D eigenvalue weighted by molar-refractivity contribution is -0.161. The van der Waals surface area contributed by atoms with E-state index in [2.05, 4.69) is 12.1 Å². The van der Waals surface area contributed by atoms with Crippen molar-refractivity contribution in [3.8, 4) is 0 Å². The summed E-state index contributed by atoms with van der Waals surface area (Å²) in [5, 5.41) is 10.3. The highest BCUT2D eigenvalue weighted by atomic mass is 16.3. The van der Waals surface area contributed by atoms with E-state index in [9.17, 15) is 9.90 Å². The summed E-state index contributed by atoms with van der Waals surface area (Å²) in [5.41, 5.74) is 0.302. The van der Waals surface area contributed by atoms with Gasteiger partial charge in [0.05, 0.1) is 18.5 Å². The second-order valence-electron chi connectivity index (χ2n) is 6.49. The van der Waals surface area contributed by atoms with E-state index in [1.165, 1.54) is 0 Å². The molecule has 3 nitrogen and oxygen atoms in total. The van der Waals surface area contributed by atoms with Crippen molar-refractivity contribution in [2.45, 2.75) is 36.7 Å². The SMILES string of the molecule is O=C(N1CC(O)(C2CC2)C1)C1(c2ccccc2)CC1. The zero-order valence-corrected chi connectivity index (χ0v) is 11.0. The number of amides is 1. The van der Waals surface area contributed by atoms with Crippen molar-refractivity contribution in [3.05, 3.63) is 35.9 Å². The number of β-amino-alcohol motifs (C(OH)–C–C–N with tert-alkyl or cyclic N) is 1. The van der Waals surface area contributed by atoms with Crippen molar-refractivity contribution in [1.82, 2.24) is 4.90 Å². The molecule has 3 fully saturated rings. The molecular weight excluding hydrogens is 238 g/mol. The van der Waals surface area contributed by atoms with Gasteiger partial charge in [-0.1, -0.05) is 30.3 Å². The largest absolute Gasteiger partial charge is 0.386 e. The van der Waals surface area contributed by atoms with Gasteiger partial charge in [-0.2, -0.15) is 0 Å². The molecule has 0 bridgehead atoms.